The monoisotopic (exact) mass is 313 g/mol. The summed E-state index contributed by atoms with van der Waals surface area (Å²) >= 11 is 0. The number of furan rings is 1. The normalized spacial score (nSPS) is 26.8. The van der Waals surface area contributed by atoms with Crippen LogP contribution in [-0.2, 0) is 0 Å². The minimum absolute atomic E-state index is 0.112. The van der Waals surface area contributed by atoms with E-state index in [1.165, 1.54) is 25.9 Å². The van der Waals surface area contributed by atoms with Gasteiger partial charge in [-0.2, -0.15) is 0 Å². The summed E-state index contributed by atoms with van der Waals surface area (Å²) in [5.74, 6) is 0.849. The molecule has 5 heteroatoms. The smallest absolute Gasteiger partial charge is 0.274 e. The Bertz CT molecular complexity index is 729. The molecule has 0 spiro atoms. The first-order valence-corrected chi connectivity index (χ1v) is 8.53. The summed E-state index contributed by atoms with van der Waals surface area (Å²) in [4.78, 5) is 19.5. The lowest BCUT2D eigenvalue weighted by molar-refractivity contribution is 0.0618. The molecule has 0 aromatic carbocycles. The number of fused-ring (bicyclic) bond motifs is 4. The third kappa shape index (κ3) is 2.53. The zero-order valence-electron chi connectivity index (χ0n) is 13.7. The number of piperidine rings is 3. The fraction of sp³-hybridized carbons (Fsp3) is 0.556. The van der Waals surface area contributed by atoms with E-state index in [9.17, 15) is 4.79 Å². The maximum Gasteiger partial charge on any atom is 0.274 e. The van der Waals surface area contributed by atoms with Gasteiger partial charge in [-0.05, 0) is 43.8 Å². The highest BCUT2D eigenvalue weighted by atomic mass is 16.3. The lowest BCUT2D eigenvalue weighted by Gasteiger charge is -2.44. The largest absolute Gasteiger partial charge is 0.462 e. The van der Waals surface area contributed by atoms with E-state index in [2.05, 4.69) is 29.0 Å². The fourth-order valence-electron chi connectivity index (χ4n) is 3.95. The van der Waals surface area contributed by atoms with E-state index >= 15 is 0 Å². The topological polar surface area (TPSA) is 58.4 Å². The number of amides is 1. The molecule has 5 nitrogen and oxygen atoms in total. The van der Waals surface area contributed by atoms with Crippen molar-refractivity contribution in [1.82, 2.24) is 15.2 Å². The van der Waals surface area contributed by atoms with Crippen molar-refractivity contribution in [2.24, 2.45) is 5.92 Å². The van der Waals surface area contributed by atoms with Gasteiger partial charge in [0.2, 0.25) is 0 Å². The van der Waals surface area contributed by atoms with Crippen LogP contribution in [0.3, 0.4) is 0 Å². The Morgan fingerprint density at radius 3 is 2.83 bits per heavy atom. The number of hydrogen-bond acceptors (Lipinski definition) is 4. The Kier molecular flexibility index (Phi) is 3.60. The predicted molar refractivity (Wildman–Crippen MR) is 88.5 cm³/mol. The van der Waals surface area contributed by atoms with Crippen LogP contribution in [0, 0.1) is 5.92 Å². The number of hydrogen-bond donors (Lipinski definition) is 1. The Hall–Kier alpha value is -1.88. The Morgan fingerprint density at radius 1 is 1.39 bits per heavy atom. The van der Waals surface area contributed by atoms with E-state index in [4.69, 9.17) is 4.42 Å². The molecule has 23 heavy (non-hydrogen) atoms. The molecule has 122 valence electrons. The maximum absolute atomic E-state index is 12.7. The molecule has 1 atom stereocenters. The van der Waals surface area contributed by atoms with Crippen LogP contribution in [0.4, 0.5) is 0 Å². The van der Waals surface area contributed by atoms with Crippen molar-refractivity contribution in [3.63, 3.8) is 0 Å². The van der Waals surface area contributed by atoms with Gasteiger partial charge in [-0.15, -0.1) is 0 Å². The molecule has 5 heterocycles. The number of pyridine rings is 1. The summed E-state index contributed by atoms with van der Waals surface area (Å²) in [6, 6.07) is 2.17. The van der Waals surface area contributed by atoms with Crippen molar-refractivity contribution in [3.8, 4) is 0 Å². The minimum Gasteiger partial charge on any atom is -0.462 e. The third-order valence-corrected chi connectivity index (χ3v) is 5.33. The van der Waals surface area contributed by atoms with E-state index in [0.717, 1.165) is 17.5 Å². The van der Waals surface area contributed by atoms with Gasteiger partial charge in [-0.3, -0.25) is 4.79 Å². The van der Waals surface area contributed by atoms with Crippen molar-refractivity contribution in [2.75, 3.05) is 19.6 Å². The first-order chi connectivity index (χ1) is 11.1. The Morgan fingerprint density at radius 2 is 2.17 bits per heavy atom. The molecule has 2 aromatic heterocycles. The molecule has 3 fully saturated rings. The Balaban J connectivity index is 1.60. The summed E-state index contributed by atoms with van der Waals surface area (Å²) in [5, 5.41) is 4.19. The first kappa shape index (κ1) is 14.7. The number of nitrogens with one attached hydrogen (secondary N) is 1. The van der Waals surface area contributed by atoms with Crippen molar-refractivity contribution >= 4 is 16.9 Å². The minimum atomic E-state index is -0.112. The molecule has 0 saturated carbocycles. The molecule has 3 saturated heterocycles. The lowest BCUT2D eigenvalue weighted by atomic mass is 9.84. The number of rotatable bonds is 3. The molecule has 3 aliphatic rings. The SMILES string of the molecule is CC(C)c1coc2c(C(=O)N[C@H]3CN4CCC3CC4)nccc12. The number of aromatic nitrogens is 1. The van der Waals surface area contributed by atoms with Gasteiger partial charge in [0.05, 0.1) is 6.26 Å². The summed E-state index contributed by atoms with van der Waals surface area (Å²) in [6.07, 6.45) is 5.82. The number of carbonyl (C=O) groups excluding carboxylic acids is 1. The van der Waals surface area contributed by atoms with Crippen LogP contribution in [-0.4, -0.2) is 41.5 Å². The van der Waals surface area contributed by atoms with Crippen molar-refractivity contribution < 1.29 is 9.21 Å². The number of nitrogens with zero attached hydrogens (tertiary/aromatic N) is 2. The molecule has 2 bridgehead atoms. The van der Waals surface area contributed by atoms with Crippen molar-refractivity contribution in [2.45, 2.75) is 38.6 Å². The third-order valence-electron chi connectivity index (χ3n) is 5.33. The summed E-state index contributed by atoms with van der Waals surface area (Å²) in [5.41, 5.74) is 2.14. The highest BCUT2D eigenvalue weighted by molar-refractivity contribution is 6.03. The standard InChI is InChI=1S/C18H23N3O2/c1-11(2)14-10-23-17-13(14)3-6-19-16(17)18(22)20-15-9-21-7-4-12(15)5-8-21/h3,6,10-12,15H,4-5,7-9H2,1-2H3,(H,20,22)/t15-/m0/s1. The first-order valence-electron chi connectivity index (χ1n) is 8.53. The second-order valence-corrected chi connectivity index (χ2v) is 7.10. The van der Waals surface area contributed by atoms with Gasteiger partial charge in [-0.25, -0.2) is 4.98 Å². The van der Waals surface area contributed by atoms with Crippen LogP contribution in [0.2, 0.25) is 0 Å². The molecule has 0 aliphatic carbocycles. The number of carbonyl (C=O) groups is 1. The Labute approximate surface area is 136 Å². The van der Waals surface area contributed by atoms with E-state index in [0.29, 0.717) is 23.1 Å². The molecular weight excluding hydrogens is 290 g/mol. The molecule has 5 rings (SSSR count). The molecule has 1 N–H and O–H groups in total. The highest BCUT2D eigenvalue weighted by Crippen LogP contribution is 2.30. The van der Waals surface area contributed by atoms with Gasteiger partial charge in [0.15, 0.2) is 11.3 Å². The maximum atomic E-state index is 12.7. The molecule has 0 unspecified atom stereocenters. The molecule has 1 amide bonds. The van der Waals surface area contributed by atoms with Crippen LogP contribution in [0.5, 0.6) is 0 Å². The lowest BCUT2D eigenvalue weighted by Crippen LogP contribution is -2.57. The molecule has 3 aliphatic heterocycles. The zero-order chi connectivity index (χ0) is 16.0. The van der Waals surface area contributed by atoms with Crippen molar-refractivity contribution in [1.29, 1.82) is 0 Å². The van der Waals surface area contributed by atoms with Gasteiger partial charge in [-0.1, -0.05) is 13.8 Å². The van der Waals surface area contributed by atoms with Gasteiger partial charge in [0.1, 0.15) is 0 Å². The van der Waals surface area contributed by atoms with Crippen LogP contribution in [0.25, 0.3) is 11.0 Å². The second kappa shape index (κ2) is 5.64. The van der Waals surface area contributed by atoms with Crippen LogP contribution < -0.4 is 5.32 Å². The molecule has 2 aromatic rings. The van der Waals surface area contributed by atoms with Gasteiger partial charge >= 0.3 is 0 Å². The quantitative estimate of drug-likeness (QED) is 0.946. The predicted octanol–water partition coefficient (Wildman–Crippen LogP) is 2.78. The van der Waals surface area contributed by atoms with E-state index in [-0.39, 0.29) is 11.9 Å². The van der Waals surface area contributed by atoms with Gasteiger partial charge < -0.3 is 14.6 Å². The van der Waals surface area contributed by atoms with E-state index in [1.54, 1.807) is 12.5 Å². The zero-order valence-corrected chi connectivity index (χ0v) is 13.7. The molecular formula is C18H23N3O2. The van der Waals surface area contributed by atoms with Crippen molar-refractivity contribution in [3.05, 3.63) is 29.8 Å². The fourth-order valence-corrected chi connectivity index (χ4v) is 3.95. The average Bonchev–Trinajstić information content (AvgIpc) is 3.00. The second-order valence-electron chi connectivity index (χ2n) is 7.10. The van der Waals surface area contributed by atoms with Gasteiger partial charge in [0.25, 0.3) is 5.91 Å². The van der Waals surface area contributed by atoms with Crippen LogP contribution >= 0.6 is 0 Å². The van der Waals surface area contributed by atoms with Gasteiger partial charge in [0, 0.05) is 29.7 Å². The average molecular weight is 313 g/mol. The summed E-state index contributed by atoms with van der Waals surface area (Å²) in [6.45, 7) is 7.54. The summed E-state index contributed by atoms with van der Waals surface area (Å²) in [7, 11) is 0. The highest BCUT2D eigenvalue weighted by Gasteiger charge is 2.35. The molecule has 0 radical (unpaired) electrons. The van der Waals surface area contributed by atoms with Crippen LogP contribution in [0.1, 0.15) is 48.7 Å². The van der Waals surface area contributed by atoms with E-state index < -0.39 is 0 Å². The summed E-state index contributed by atoms with van der Waals surface area (Å²) < 4.78 is 5.68. The van der Waals surface area contributed by atoms with E-state index in [1.807, 2.05) is 6.07 Å². The van der Waals surface area contributed by atoms with Crippen LogP contribution in [0.15, 0.2) is 22.9 Å².